The van der Waals surface area contributed by atoms with Gasteiger partial charge in [-0.3, -0.25) is 0 Å². The van der Waals surface area contributed by atoms with Crippen LogP contribution in [0.4, 0.5) is 0 Å². The lowest BCUT2D eigenvalue weighted by Gasteiger charge is -2.14. The summed E-state index contributed by atoms with van der Waals surface area (Å²) in [7, 11) is 0. The van der Waals surface area contributed by atoms with Crippen LogP contribution in [-0.4, -0.2) is 0 Å². The molecule has 0 spiro atoms. The van der Waals surface area contributed by atoms with Gasteiger partial charge in [0.05, 0.1) is 0 Å². The second-order valence-corrected chi connectivity index (χ2v) is 9.67. The molecular weight excluding hydrogens is 324 g/mol. The Bertz CT molecular complexity index is 257. The van der Waals surface area contributed by atoms with E-state index >= 15 is 0 Å². The van der Waals surface area contributed by atoms with Crippen molar-refractivity contribution in [3.8, 4) is 0 Å². The smallest absolute Gasteiger partial charge is 0.0443 e. The van der Waals surface area contributed by atoms with Crippen LogP contribution < -0.4 is 0 Å². The molecule has 0 aromatic rings. The fraction of sp³-hybridized carbons (Fsp3) is 1.00. The zero-order chi connectivity index (χ0) is 20.0. The molecule has 0 heterocycles. The summed E-state index contributed by atoms with van der Waals surface area (Å²) in [6, 6.07) is 0. The first-order valence-corrected chi connectivity index (χ1v) is 13.2. The van der Waals surface area contributed by atoms with Gasteiger partial charge in [0, 0.05) is 0 Å². The molecule has 164 valence electrons. The lowest BCUT2D eigenvalue weighted by molar-refractivity contribution is 0.394. The molecule has 0 aromatic heterocycles. The molecule has 0 bridgehead atoms. The molecule has 0 N–H and O–H groups in total. The molecule has 0 heteroatoms. The van der Waals surface area contributed by atoms with E-state index in [-0.39, 0.29) is 0 Å². The summed E-state index contributed by atoms with van der Waals surface area (Å²) in [5.74, 6) is 1.92. The Morgan fingerprint density at radius 2 is 0.630 bits per heavy atom. The summed E-state index contributed by atoms with van der Waals surface area (Å²) in [6.45, 7) is 9.55. The Kier molecular flexibility index (Phi) is 22.3. The van der Waals surface area contributed by atoms with Crippen molar-refractivity contribution in [2.24, 2.45) is 11.8 Å². The van der Waals surface area contributed by atoms with Crippen molar-refractivity contribution >= 4 is 0 Å². The standard InChI is InChI=1S/C27H56/c1-5-7-9-10-11-12-13-14-15-16-17-18-19-20-23-27(4)25-21-24-26(3)22-8-6-2/h26-27H,5-25H2,1-4H3. The van der Waals surface area contributed by atoms with E-state index in [0.717, 1.165) is 11.8 Å². The number of hydrogen-bond acceptors (Lipinski definition) is 0. The van der Waals surface area contributed by atoms with Crippen LogP contribution in [0.1, 0.15) is 163 Å². The molecule has 0 radical (unpaired) electrons. The average Bonchev–Trinajstić information content (AvgIpc) is 2.66. The third-order valence-electron chi connectivity index (χ3n) is 6.49. The van der Waals surface area contributed by atoms with E-state index < -0.39 is 0 Å². The van der Waals surface area contributed by atoms with E-state index in [4.69, 9.17) is 0 Å². The van der Waals surface area contributed by atoms with Gasteiger partial charge >= 0.3 is 0 Å². The van der Waals surface area contributed by atoms with Crippen molar-refractivity contribution in [3.63, 3.8) is 0 Å². The molecule has 0 fully saturated rings. The molecule has 0 rings (SSSR count). The SMILES string of the molecule is CCCCCCCCCCCCCCCCC(C)CCCC(C)CCCC. The molecule has 0 aliphatic carbocycles. The van der Waals surface area contributed by atoms with Crippen LogP contribution in [0.3, 0.4) is 0 Å². The van der Waals surface area contributed by atoms with Crippen LogP contribution in [0.15, 0.2) is 0 Å². The molecule has 0 saturated carbocycles. The van der Waals surface area contributed by atoms with Crippen LogP contribution in [0.2, 0.25) is 0 Å². The fourth-order valence-electron chi connectivity index (χ4n) is 4.34. The van der Waals surface area contributed by atoms with Crippen molar-refractivity contribution in [3.05, 3.63) is 0 Å². The highest BCUT2D eigenvalue weighted by molar-refractivity contribution is 4.59. The summed E-state index contributed by atoms with van der Waals surface area (Å²) in [5, 5.41) is 0. The zero-order valence-corrected chi connectivity index (χ0v) is 20.0. The highest BCUT2D eigenvalue weighted by atomic mass is 14.1. The van der Waals surface area contributed by atoms with E-state index in [1.54, 1.807) is 0 Å². The van der Waals surface area contributed by atoms with Crippen molar-refractivity contribution < 1.29 is 0 Å². The fourth-order valence-corrected chi connectivity index (χ4v) is 4.34. The Hall–Kier alpha value is 0. The number of hydrogen-bond donors (Lipinski definition) is 0. The molecule has 0 saturated heterocycles. The number of unbranched alkanes of at least 4 members (excludes halogenated alkanes) is 14. The first-order chi connectivity index (χ1) is 13.2. The molecule has 2 atom stereocenters. The van der Waals surface area contributed by atoms with Gasteiger partial charge < -0.3 is 0 Å². The van der Waals surface area contributed by atoms with E-state index in [9.17, 15) is 0 Å². The van der Waals surface area contributed by atoms with Crippen molar-refractivity contribution in [1.29, 1.82) is 0 Å². The molecule has 0 amide bonds. The molecule has 2 unspecified atom stereocenters. The molecule has 0 aromatic carbocycles. The number of rotatable bonds is 22. The van der Waals surface area contributed by atoms with Gasteiger partial charge in [0.15, 0.2) is 0 Å². The van der Waals surface area contributed by atoms with Gasteiger partial charge in [0.25, 0.3) is 0 Å². The largest absolute Gasteiger partial charge is 0.0654 e. The molecule has 27 heavy (non-hydrogen) atoms. The second kappa shape index (κ2) is 22.3. The highest BCUT2D eigenvalue weighted by Gasteiger charge is 2.05. The van der Waals surface area contributed by atoms with E-state index in [1.807, 2.05) is 0 Å². The van der Waals surface area contributed by atoms with Crippen LogP contribution in [-0.2, 0) is 0 Å². The van der Waals surface area contributed by atoms with Gasteiger partial charge in [-0.05, 0) is 11.8 Å². The monoisotopic (exact) mass is 380 g/mol. The normalized spacial score (nSPS) is 13.8. The maximum Gasteiger partial charge on any atom is -0.0443 e. The minimum Gasteiger partial charge on any atom is -0.0654 e. The van der Waals surface area contributed by atoms with E-state index in [2.05, 4.69) is 27.7 Å². The summed E-state index contributed by atoms with van der Waals surface area (Å²) in [5.41, 5.74) is 0. The van der Waals surface area contributed by atoms with Gasteiger partial charge in [0.1, 0.15) is 0 Å². The minimum atomic E-state index is 0.957. The molecular formula is C27H56. The van der Waals surface area contributed by atoms with Gasteiger partial charge in [-0.1, -0.05) is 163 Å². The quantitative estimate of drug-likeness (QED) is 0.164. The van der Waals surface area contributed by atoms with Gasteiger partial charge in [0.2, 0.25) is 0 Å². The Balaban J connectivity index is 3.19. The second-order valence-electron chi connectivity index (χ2n) is 9.67. The third-order valence-corrected chi connectivity index (χ3v) is 6.49. The third kappa shape index (κ3) is 22.2. The first kappa shape index (κ1) is 27.0. The van der Waals surface area contributed by atoms with Crippen molar-refractivity contribution in [2.75, 3.05) is 0 Å². The Morgan fingerprint density at radius 1 is 0.333 bits per heavy atom. The van der Waals surface area contributed by atoms with Gasteiger partial charge in [-0.25, -0.2) is 0 Å². The first-order valence-electron chi connectivity index (χ1n) is 13.2. The lowest BCUT2D eigenvalue weighted by Crippen LogP contribution is -1.99. The summed E-state index contributed by atoms with van der Waals surface area (Å²) in [4.78, 5) is 0. The van der Waals surface area contributed by atoms with E-state index in [1.165, 1.54) is 135 Å². The summed E-state index contributed by atoms with van der Waals surface area (Å²) >= 11 is 0. The van der Waals surface area contributed by atoms with E-state index in [0.29, 0.717) is 0 Å². The maximum absolute atomic E-state index is 2.49. The molecule has 0 aliphatic heterocycles. The van der Waals surface area contributed by atoms with Gasteiger partial charge in [-0.2, -0.15) is 0 Å². The van der Waals surface area contributed by atoms with Crippen LogP contribution in [0, 0.1) is 11.8 Å². The van der Waals surface area contributed by atoms with Crippen molar-refractivity contribution in [1.82, 2.24) is 0 Å². The average molecular weight is 381 g/mol. The van der Waals surface area contributed by atoms with Crippen LogP contribution in [0.25, 0.3) is 0 Å². The Labute approximate surface area is 174 Å². The zero-order valence-electron chi connectivity index (χ0n) is 20.0. The maximum atomic E-state index is 2.49. The van der Waals surface area contributed by atoms with Crippen molar-refractivity contribution in [2.45, 2.75) is 163 Å². The molecule has 0 aliphatic rings. The Morgan fingerprint density at radius 3 is 1.04 bits per heavy atom. The minimum absolute atomic E-state index is 0.957. The lowest BCUT2D eigenvalue weighted by atomic mass is 9.92. The van der Waals surface area contributed by atoms with Crippen LogP contribution in [0.5, 0.6) is 0 Å². The highest BCUT2D eigenvalue weighted by Crippen LogP contribution is 2.21. The topological polar surface area (TPSA) is 0 Å². The summed E-state index contributed by atoms with van der Waals surface area (Å²) in [6.07, 6.45) is 30.7. The predicted octanol–water partition coefficient (Wildman–Crippen LogP) is 10.5. The van der Waals surface area contributed by atoms with Gasteiger partial charge in [-0.15, -0.1) is 0 Å². The summed E-state index contributed by atoms with van der Waals surface area (Å²) < 4.78 is 0. The predicted molar refractivity (Wildman–Crippen MR) is 127 cm³/mol. The van der Waals surface area contributed by atoms with Crippen LogP contribution >= 0.6 is 0 Å². The molecule has 0 nitrogen and oxygen atoms in total.